The highest BCUT2D eigenvalue weighted by atomic mass is 35.5. The molecule has 1 heterocycles. The number of ether oxygens (including phenoxy) is 3. The third-order valence-electron chi connectivity index (χ3n) is 8.43. The van der Waals surface area contributed by atoms with Crippen LogP contribution in [0.2, 0.25) is 5.02 Å². The lowest BCUT2D eigenvalue weighted by atomic mass is 10.0. The van der Waals surface area contributed by atoms with Crippen molar-refractivity contribution in [2.45, 2.75) is 83.7 Å². The molecule has 10 nitrogen and oxygen atoms in total. The number of amides is 4. The molecule has 15 heteroatoms. The fourth-order valence-corrected chi connectivity index (χ4v) is 6.48. The summed E-state index contributed by atoms with van der Waals surface area (Å²) in [6.07, 6.45) is 7.09. The maximum Gasteiger partial charge on any atom is 0.427 e. The van der Waals surface area contributed by atoms with E-state index in [0.29, 0.717) is 30.2 Å². The van der Waals surface area contributed by atoms with Crippen LogP contribution in [0.1, 0.15) is 64.5 Å². The van der Waals surface area contributed by atoms with Gasteiger partial charge in [0.2, 0.25) is 5.91 Å². The van der Waals surface area contributed by atoms with Gasteiger partial charge in [-0.1, -0.05) is 72.1 Å². The van der Waals surface area contributed by atoms with E-state index in [1.807, 2.05) is 26.0 Å². The van der Waals surface area contributed by atoms with Crippen LogP contribution in [0.4, 0.5) is 20.6 Å². The van der Waals surface area contributed by atoms with Crippen LogP contribution in [-0.2, 0) is 30.3 Å². The maximum atomic E-state index is 14.3. The Balaban J connectivity index is 0.000000303. The van der Waals surface area contributed by atoms with E-state index < -0.39 is 22.7 Å². The zero-order chi connectivity index (χ0) is 41.4. The van der Waals surface area contributed by atoms with Gasteiger partial charge in [-0.15, -0.1) is 24.8 Å². The normalized spacial score (nSPS) is 14.3. The molecule has 1 aliphatic carbocycles. The highest BCUT2D eigenvalue weighted by Crippen LogP contribution is 2.37. The molecule has 0 bridgehead atoms. The van der Waals surface area contributed by atoms with Crippen molar-refractivity contribution in [3.05, 3.63) is 88.9 Å². The van der Waals surface area contributed by atoms with Gasteiger partial charge in [0, 0.05) is 26.3 Å². The number of para-hydroxylation sites is 1. The molecule has 0 radical (unpaired) electrons. The quantitative estimate of drug-likeness (QED) is 0.106. The van der Waals surface area contributed by atoms with Crippen molar-refractivity contribution in [3.63, 3.8) is 0 Å². The maximum absolute atomic E-state index is 14.3. The molecule has 2 aliphatic rings. The van der Waals surface area contributed by atoms with Crippen LogP contribution < -0.4 is 14.5 Å². The third kappa shape index (κ3) is 13.2. The summed E-state index contributed by atoms with van der Waals surface area (Å²) in [5, 5.41) is 0.102. The minimum absolute atomic E-state index is 0.00962. The molecular weight excluding hydrogens is 795 g/mol. The molecule has 4 amide bonds. The molecule has 1 atom stereocenters. The second kappa shape index (κ2) is 23.5. The van der Waals surface area contributed by atoms with Crippen LogP contribution >= 0.6 is 46.4 Å². The van der Waals surface area contributed by atoms with Gasteiger partial charge in [-0.25, -0.2) is 14.1 Å². The second-order valence-electron chi connectivity index (χ2n) is 12.9. The highest BCUT2D eigenvalue weighted by molar-refractivity contribution is 6.53. The van der Waals surface area contributed by atoms with Gasteiger partial charge in [0.05, 0.1) is 35.2 Å². The third-order valence-corrected chi connectivity index (χ3v) is 9.33. The number of carbonyl (C=O) groups excluding carboxylic acids is 4. The van der Waals surface area contributed by atoms with Gasteiger partial charge in [-0.2, -0.15) is 0 Å². The summed E-state index contributed by atoms with van der Waals surface area (Å²) < 4.78 is 30.2. The van der Waals surface area contributed by atoms with Gasteiger partial charge in [0.25, 0.3) is 5.91 Å². The van der Waals surface area contributed by atoms with Crippen LogP contribution in [0, 0.1) is 12.7 Å². The number of rotatable bonds is 14. The Morgan fingerprint density at radius 3 is 2.22 bits per heavy atom. The Morgan fingerprint density at radius 2 is 1.73 bits per heavy atom. The van der Waals surface area contributed by atoms with Gasteiger partial charge in [-0.3, -0.25) is 14.4 Å². The van der Waals surface area contributed by atoms with E-state index in [4.69, 9.17) is 60.6 Å². The first-order chi connectivity index (χ1) is 26.1. The smallest absolute Gasteiger partial charge is 0.427 e. The number of methoxy groups -OCH3 is 1. The van der Waals surface area contributed by atoms with E-state index >= 15 is 0 Å². The van der Waals surface area contributed by atoms with Gasteiger partial charge >= 0.3 is 12.0 Å². The number of anilines is 2. The van der Waals surface area contributed by atoms with Crippen molar-refractivity contribution < 1.29 is 37.8 Å². The molecule has 1 saturated heterocycles. The minimum Gasteiger partial charge on any atom is -0.489 e. The minimum atomic E-state index is -1.01. The zero-order valence-corrected chi connectivity index (χ0v) is 35.2. The predicted octanol–water partition coefficient (Wildman–Crippen LogP) is 9.73. The molecule has 0 spiro atoms. The number of alkyl halides is 3. The molecule has 4 rings (SSSR count). The number of allylic oxidation sites excluding steroid dienone is 1. The summed E-state index contributed by atoms with van der Waals surface area (Å²) in [5.41, 5.74) is 3.52. The Hall–Kier alpha value is -3.61. The average Bonchev–Trinajstić information content (AvgIpc) is 3.77. The van der Waals surface area contributed by atoms with Crippen molar-refractivity contribution in [1.29, 1.82) is 0 Å². The SMILES string of the molecule is C=CCN(CC=C)C(=O)C(Cl)Cl.CC(C)=C1OC(=O)N(c2cc(OC3CCCC3)c(Cl)cc2F)C1=O.CCc1cccc(C)c1N(C(=O)CCl)C(C)COC. The number of cyclic esters (lactones) is 1. The molecule has 1 saturated carbocycles. The van der Waals surface area contributed by atoms with E-state index in [1.54, 1.807) is 38.0 Å². The summed E-state index contributed by atoms with van der Waals surface area (Å²) in [4.78, 5) is 50.6. The average molecular weight is 846 g/mol. The van der Waals surface area contributed by atoms with Crippen LogP contribution in [-0.4, -0.2) is 78.4 Å². The monoisotopic (exact) mass is 843 g/mol. The number of hydrogen-bond donors (Lipinski definition) is 0. The molecule has 0 aromatic heterocycles. The molecular formula is C40H50Cl4FN3O7. The second-order valence-corrected chi connectivity index (χ2v) is 14.6. The summed E-state index contributed by atoms with van der Waals surface area (Å²) in [6.45, 7) is 17.7. The summed E-state index contributed by atoms with van der Waals surface area (Å²) in [6, 6.07) is 8.37. The summed E-state index contributed by atoms with van der Waals surface area (Å²) in [7, 11) is 1.64. The number of benzene rings is 2. The van der Waals surface area contributed by atoms with Crippen molar-refractivity contribution in [2.24, 2.45) is 0 Å². The van der Waals surface area contributed by atoms with Crippen molar-refractivity contribution in [3.8, 4) is 5.75 Å². The van der Waals surface area contributed by atoms with Gasteiger partial charge in [0.1, 0.15) is 17.4 Å². The van der Waals surface area contributed by atoms with E-state index in [-0.39, 0.29) is 52.1 Å². The Morgan fingerprint density at radius 1 is 1.11 bits per heavy atom. The Labute approximate surface area is 343 Å². The molecule has 302 valence electrons. The molecule has 1 unspecified atom stereocenters. The number of hydrogen-bond acceptors (Lipinski definition) is 7. The molecule has 55 heavy (non-hydrogen) atoms. The zero-order valence-electron chi connectivity index (χ0n) is 32.1. The Bertz CT molecular complexity index is 1700. The van der Waals surface area contributed by atoms with Gasteiger partial charge in [0.15, 0.2) is 10.6 Å². The number of carbonyl (C=O) groups is 4. The summed E-state index contributed by atoms with van der Waals surface area (Å²) in [5.74, 6) is -1.76. The highest BCUT2D eigenvalue weighted by Gasteiger charge is 2.40. The number of imide groups is 1. The molecule has 1 aliphatic heterocycles. The molecule has 2 fully saturated rings. The van der Waals surface area contributed by atoms with E-state index in [2.05, 4.69) is 26.1 Å². The standard InChI is InChI=1S/C17H17ClFNO4.C15H22ClNO2.C8H11Cl2NO/c1-9(2)15-16(21)20(17(22)24-15)13-8-14(11(18)7-12(13)19)23-10-5-3-4-6-10;1-5-13-8-6-7-11(2)15(13)17(14(18)9-16)12(3)10-19-4;1-3-5-11(6-4-2)8(12)7(9)10/h7-8,10H,3-6H2,1-2H3;6-8,12H,5,9-10H2,1-4H3;3-4,7H,1-2,5-6H2. The first kappa shape index (κ1) is 47.5. The van der Waals surface area contributed by atoms with E-state index in [1.165, 1.54) is 11.0 Å². The summed E-state index contributed by atoms with van der Waals surface area (Å²) >= 11 is 22.6. The van der Waals surface area contributed by atoms with Gasteiger partial charge < -0.3 is 24.0 Å². The number of aryl methyl sites for hydroxylation is 2. The van der Waals surface area contributed by atoms with E-state index in [9.17, 15) is 23.6 Å². The van der Waals surface area contributed by atoms with Crippen molar-refractivity contribution in [1.82, 2.24) is 4.90 Å². The van der Waals surface area contributed by atoms with Gasteiger partial charge in [-0.05, 0) is 82.6 Å². The first-order valence-corrected chi connectivity index (χ1v) is 19.5. The van der Waals surface area contributed by atoms with Crippen LogP contribution in [0.15, 0.2) is 67.0 Å². The van der Waals surface area contributed by atoms with Crippen LogP contribution in [0.3, 0.4) is 0 Å². The largest absolute Gasteiger partial charge is 0.489 e. The van der Waals surface area contributed by atoms with Crippen LogP contribution in [0.5, 0.6) is 5.75 Å². The lowest BCUT2D eigenvalue weighted by Gasteiger charge is -2.31. The lowest BCUT2D eigenvalue weighted by Crippen LogP contribution is -2.43. The fraction of sp³-hybridized carbons (Fsp3) is 0.450. The number of nitrogens with zero attached hydrogens (tertiary/aromatic N) is 3. The lowest BCUT2D eigenvalue weighted by molar-refractivity contribution is -0.128. The van der Waals surface area contributed by atoms with Crippen LogP contribution in [0.25, 0.3) is 0 Å². The number of halogens is 5. The van der Waals surface area contributed by atoms with Crippen molar-refractivity contribution >= 4 is 81.6 Å². The predicted molar refractivity (Wildman–Crippen MR) is 219 cm³/mol. The molecule has 0 N–H and O–H groups in total. The van der Waals surface area contributed by atoms with E-state index in [0.717, 1.165) is 55.0 Å². The molecule has 2 aromatic carbocycles. The fourth-order valence-electron chi connectivity index (χ4n) is 5.88. The van der Waals surface area contributed by atoms with Crippen molar-refractivity contribution in [2.75, 3.05) is 42.5 Å². The molecule has 2 aromatic rings. The first-order valence-electron chi connectivity index (χ1n) is 17.7. The topological polar surface area (TPSA) is 106 Å². The Kier molecular flexibility index (Phi) is 20.3.